The van der Waals surface area contributed by atoms with Gasteiger partial charge >= 0.3 is 0 Å². The zero-order valence-corrected chi connectivity index (χ0v) is 24.2. The van der Waals surface area contributed by atoms with Gasteiger partial charge in [0.25, 0.3) is 5.91 Å². The highest BCUT2D eigenvalue weighted by Gasteiger charge is 2.33. The third-order valence-electron chi connectivity index (χ3n) is 7.99. The number of hydrogen-bond donors (Lipinski definition) is 2. The van der Waals surface area contributed by atoms with Crippen LogP contribution >= 0.6 is 11.6 Å². The van der Waals surface area contributed by atoms with Crippen molar-refractivity contribution in [2.45, 2.75) is 50.6 Å². The van der Waals surface area contributed by atoms with Crippen molar-refractivity contribution < 1.29 is 13.2 Å². The zero-order chi connectivity index (χ0) is 28.0. The Morgan fingerprint density at radius 1 is 1.02 bits per heavy atom. The molecule has 0 saturated carbocycles. The quantitative estimate of drug-likeness (QED) is 0.450. The van der Waals surface area contributed by atoms with Gasteiger partial charge in [-0.2, -0.15) is 9.61 Å². The third kappa shape index (κ3) is 5.44. The van der Waals surface area contributed by atoms with Crippen molar-refractivity contribution in [1.82, 2.24) is 19.5 Å². The van der Waals surface area contributed by atoms with Crippen LogP contribution in [0.1, 0.15) is 60.6 Å². The van der Waals surface area contributed by atoms with Crippen LogP contribution in [0.5, 0.6) is 0 Å². The number of hydrogen-bond acceptors (Lipinski definition) is 8. The molecule has 0 bridgehead atoms. The van der Waals surface area contributed by atoms with Crippen LogP contribution in [0.15, 0.2) is 30.3 Å². The van der Waals surface area contributed by atoms with Crippen molar-refractivity contribution in [2.24, 2.45) is 5.73 Å². The fraction of sp³-hybridized carbons (Fsp3) is 0.519. The number of carbonyl (C=O) groups excluding carboxylic acids is 1. The summed E-state index contributed by atoms with van der Waals surface area (Å²) in [4.78, 5) is 25.3. The van der Waals surface area contributed by atoms with E-state index in [1.807, 2.05) is 10.6 Å². The van der Waals surface area contributed by atoms with Crippen LogP contribution in [0.3, 0.4) is 0 Å². The molecule has 3 aromatic rings. The fourth-order valence-electron chi connectivity index (χ4n) is 5.90. The van der Waals surface area contributed by atoms with Crippen LogP contribution in [-0.2, 0) is 10.0 Å². The number of anilines is 3. The van der Waals surface area contributed by atoms with E-state index >= 15 is 0 Å². The lowest BCUT2D eigenvalue weighted by molar-refractivity contribution is 0.0607. The summed E-state index contributed by atoms with van der Waals surface area (Å²) in [7, 11) is -3.59. The summed E-state index contributed by atoms with van der Waals surface area (Å²) in [5, 5.41) is 5.39. The SMILES string of the molecule is CS(=O)(=O)Nc1ccc(Cl)cc1C(=O)N1CCCC[C@H]1c1cc2nc(N3CCC3)cc(N3CCCC(N)C3)n2n1. The molecule has 3 N–H and O–H groups in total. The van der Waals surface area contributed by atoms with Crippen molar-refractivity contribution in [3.63, 3.8) is 0 Å². The van der Waals surface area contributed by atoms with Crippen LogP contribution in [0.2, 0.25) is 5.02 Å². The van der Waals surface area contributed by atoms with Crippen molar-refractivity contribution in [2.75, 3.05) is 53.5 Å². The third-order valence-corrected chi connectivity index (χ3v) is 8.81. The summed E-state index contributed by atoms with van der Waals surface area (Å²) in [5.41, 5.74) is 8.28. The molecule has 5 heterocycles. The summed E-state index contributed by atoms with van der Waals surface area (Å²) in [6.45, 7) is 4.16. The van der Waals surface area contributed by atoms with Gasteiger partial charge in [0.2, 0.25) is 10.0 Å². The Morgan fingerprint density at radius 3 is 2.55 bits per heavy atom. The number of amides is 1. The second kappa shape index (κ2) is 10.7. The number of rotatable bonds is 6. The van der Waals surface area contributed by atoms with Crippen LogP contribution in [-0.4, -0.2) is 78.8 Å². The van der Waals surface area contributed by atoms with Crippen molar-refractivity contribution in [3.8, 4) is 0 Å². The van der Waals surface area contributed by atoms with E-state index in [4.69, 9.17) is 27.4 Å². The molecule has 1 unspecified atom stereocenters. The zero-order valence-electron chi connectivity index (χ0n) is 22.6. The highest BCUT2D eigenvalue weighted by atomic mass is 35.5. The lowest BCUT2D eigenvalue weighted by atomic mass is 9.98. The van der Waals surface area contributed by atoms with Crippen molar-refractivity contribution >= 4 is 50.5 Å². The average Bonchev–Trinajstić information content (AvgIpc) is 3.31. The van der Waals surface area contributed by atoms with Crippen LogP contribution in [0.4, 0.5) is 17.3 Å². The molecule has 214 valence electrons. The van der Waals surface area contributed by atoms with Gasteiger partial charge in [-0.1, -0.05) is 11.6 Å². The molecular weight excluding hydrogens is 552 g/mol. The molecule has 40 heavy (non-hydrogen) atoms. The van der Waals surface area contributed by atoms with Crippen molar-refractivity contribution in [3.05, 3.63) is 46.6 Å². The first kappa shape index (κ1) is 27.1. The lowest BCUT2D eigenvalue weighted by Crippen LogP contribution is -2.44. The first-order chi connectivity index (χ1) is 19.2. The molecule has 0 spiro atoms. The topological polar surface area (TPSA) is 129 Å². The molecule has 0 radical (unpaired) electrons. The van der Waals surface area contributed by atoms with Crippen molar-refractivity contribution in [1.29, 1.82) is 0 Å². The van der Waals surface area contributed by atoms with Crippen LogP contribution in [0.25, 0.3) is 5.65 Å². The summed E-state index contributed by atoms with van der Waals surface area (Å²) >= 11 is 6.25. The number of aromatic nitrogens is 3. The first-order valence-corrected chi connectivity index (χ1v) is 16.2. The molecule has 13 heteroatoms. The number of sulfonamides is 1. The number of halogens is 1. The summed E-state index contributed by atoms with van der Waals surface area (Å²) in [6, 6.07) is 8.54. The number of benzene rings is 1. The first-order valence-electron chi connectivity index (χ1n) is 13.9. The van der Waals surface area contributed by atoms with Gasteiger partial charge in [-0.25, -0.2) is 13.4 Å². The Balaban J connectivity index is 1.39. The Bertz CT molecular complexity index is 1540. The maximum Gasteiger partial charge on any atom is 0.256 e. The molecule has 3 aliphatic heterocycles. The molecular formula is C27H35ClN8O3S. The Hall–Kier alpha value is -3.09. The van der Waals surface area contributed by atoms with Gasteiger partial charge in [-0.3, -0.25) is 9.52 Å². The van der Waals surface area contributed by atoms with Gasteiger partial charge in [0.1, 0.15) is 11.6 Å². The summed E-state index contributed by atoms with van der Waals surface area (Å²) in [5.74, 6) is 1.62. The predicted octanol–water partition coefficient (Wildman–Crippen LogP) is 3.26. The number of nitrogens with zero attached hydrogens (tertiary/aromatic N) is 6. The average molecular weight is 587 g/mol. The minimum atomic E-state index is -3.59. The number of nitrogens with two attached hydrogens (primary N) is 1. The van der Waals surface area contributed by atoms with Gasteiger partial charge in [0.05, 0.1) is 29.2 Å². The molecule has 0 aliphatic carbocycles. The van der Waals surface area contributed by atoms with Gasteiger partial charge in [0.15, 0.2) is 5.65 Å². The highest BCUT2D eigenvalue weighted by Crippen LogP contribution is 2.35. The predicted molar refractivity (Wildman–Crippen MR) is 157 cm³/mol. The Kier molecular flexibility index (Phi) is 7.26. The van der Waals surface area contributed by atoms with Gasteiger partial charge in [0, 0.05) is 55.9 Å². The van der Waals surface area contributed by atoms with Gasteiger partial charge < -0.3 is 20.4 Å². The van der Waals surface area contributed by atoms with Gasteiger partial charge in [-0.05, 0) is 56.7 Å². The molecule has 2 atom stereocenters. The second-order valence-electron chi connectivity index (χ2n) is 11.1. The van der Waals surface area contributed by atoms with E-state index in [2.05, 4.69) is 20.6 Å². The minimum Gasteiger partial charge on any atom is -0.356 e. The second-order valence-corrected chi connectivity index (χ2v) is 13.3. The standard InChI is InChI=1S/C27H35ClN8O3S/c1-40(38,39)32-21-9-8-18(28)14-20(21)27(37)35-13-3-2-7-23(35)22-15-25-30-24(33-11-5-12-33)16-26(36(25)31-22)34-10-4-6-19(29)17-34/h8-9,14-16,19,23,32H,2-7,10-13,17,29H2,1H3/t19?,23-/m0/s1. The fourth-order valence-corrected chi connectivity index (χ4v) is 6.65. The van der Waals surface area contributed by atoms with E-state index in [1.54, 1.807) is 11.0 Å². The largest absolute Gasteiger partial charge is 0.356 e. The van der Waals surface area contributed by atoms with E-state index < -0.39 is 10.0 Å². The number of fused-ring (bicyclic) bond motifs is 1. The Morgan fingerprint density at radius 2 is 1.82 bits per heavy atom. The monoisotopic (exact) mass is 586 g/mol. The lowest BCUT2D eigenvalue weighted by Gasteiger charge is -2.35. The summed E-state index contributed by atoms with van der Waals surface area (Å²) in [6.07, 6.45) is 6.78. The molecule has 11 nitrogen and oxygen atoms in total. The van der Waals surface area contributed by atoms with E-state index in [0.717, 1.165) is 93.9 Å². The molecule has 1 amide bonds. The van der Waals surface area contributed by atoms with E-state index in [-0.39, 0.29) is 29.2 Å². The number of carbonyl (C=O) groups is 1. The maximum atomic E-state index is 14.0. The Labute approximate surface area is 239 Å². The molecule has 6 rings (SSSR count). The molecule has 1 aromatic carbocycles. The van der Waals surface area contributed by atoms with E-state index in [1.165, 1.54) is 12.1 Å². The minimum absolute atomic E-state index is 0.110. The van der Waals surface area contributed by atoms with Gasteiger partial charge in [-0.15, -0.1) is 0 Å². The highest BCUT2D eigenvalue weighted by molar-refractivity contribution is 7.92. The number of nitrogens with one attached hydrogen (secondary N) is 1. The molecule has 3 saturated heterocycles. The maximum absolute atomic E-state index is 14.0. The molecule has 2 aromatic heterocycles. The number of piperidine rings is 2. The van der Waals surface area contributed by atoms with Crippen LogP contribution in [0, 0.1) is 0 Å². The number of likely N-dealkylation sites (tertiary alicyclic amines) is 1. The van der Waals surface area contributed by atoms with Crippen LogP contribution < -0.4 is 20.3 Å². The smallest absolute Gasteiger partial charge is 0.256 e. The molecule has 3 aliphatic rings. The van der Waals surface area contributed by atoms with E-state index in [9.17, 15) is 13.2 Å². The molecule has 3 fully saturated rings. The van der Waals surface area contributed by atoms with E-state index in [0.29, 0.717) is 11.6 Å². The normalized spacial score (nSPS) is 21.9. The summed E-state index contributed by atoms with van der Waals surface area (Å²) < 4.78 is 28.4.